The van der Waals surface area contributed by atoms with E-state index in [0.717, 1.165) is 0 Å². The van der Waals surface area contributed by atoms with Crippen molar-refractivity contribution in [2.45, 2.75) is 18.6 Å². The second-order valence-corrected chi connectivity index (χ2v) is 4.81. The van der Waals surface area contributed by atoms with Gasteiger partial charge >= 0.3 is 0 Å². The molecule has 1 saturated heterocycles. The quantitative estimate of drug-likeness (QED) is 0.814. The number of aromatic nitrogens is 1. The fourth-order valence-electron chi connectivity index (χ4n) is 1.76. The molecule has 0 aromatic carbocycles. The van der Waals surface area contributed by atoms with Crippen LogP contribution in [-0.2, 0) is 4.79 Å². The smallest absolute Gasteiger partial charge is 0.242 e. The summed E-state index contributed by atoms with van der Waals surface area (Å²) in [5.41, 5.74) is 0. The van der Waals surface area contributed by atoms with Crippen LogP contribution in [0.1, 0.15) is 6.42 Å². The number of nitrogens with one attached hydrogen (secondary N) is 2. The molecular weight excluding hydrogens is 340 g/mol. The lowest BCUT2D eigenvalue weighted by Gasteiger charge is -2.11. The number of ether oxygens (including phenoxy) is 1. The molecule has 0 unspecified atom stereocenters. The molecule has 106 valence electrons. The molecule has 2 rings (SSSR count). The number of hydrogen-bond acceptors (Lipinski definition) is 4. The minimum Gasteiger partial charge on any atom is -0.497 e. The summed E-state index contributed by atoms with van der Waals surface area (Å²) in [6.45, 7) is 0.216. The zero-order valence-corrected chi connectivity index (χ0v) is 12.6. The van der Waals surface area contributed by atoms with Crippen molar-refractivity contribution in [3.8, 4) is 5.75 Å². The molecule has 1 aliphatic rings. The van der Waals surface area contributed by atoms with Crippen LogP contribution in [0, 0.1) is 0 Å². The van der Waals surface area contributed by atoms with Crippen molar-refractivity contribution >= 4 is 40.1 Å². The standard InChI is InChI=1S/C11H13BrFN3O2.ClH/c1-18-7-3-9(12)15-10(4-7)16-11(17)8-2-6(13)5-14-8;/h3-4,6,8,14H,2,5H2,1H3,(H,15,16,17);1H/t6-,8+;/m1./s1. The monoisotopic (exact) mass is 353 g/mol. The van der Waals surface area contributed by atoms with Crippen molar-refractivity contribution in [3.63, 3.8) is 0 Å². The molecule has 1 amide bonds. The van der Waals surface area contributed by atoms with Gasteiger partial charge in [-0.3, -0.25) is 4.79 Å². The third-order valence-corrected chi connectivity index (χ3v) is 3.05. The van der Waals surface area contributed by atoms with Gasteiger partial charge in [-0.2, -0.15) is 0 Å². The number of pyridine rings is 1. The molecule has 1 fully saturated rings. The van der Waals surface area contributed by atoms with Crippen LogP contribution in [0.3, 0.4) is 0 Å². The SMILES string of the molecule is COc1cc(Br)nc(NC(=O)[C@@H]2C[C@@H](F)CN2)c1.Cl. The van der Waals surface area contributed by atoms with Crippen LogP contribution in [0.4, 0.5) is 10.2 Å². The van der Waals surface area contributed by atoms with Gasteiger partial charge in [-0.05, 0) is 15.9 Å². The number of hydrogen-bond donors (Lipinski definition) is 2. The largest absolute Gasteiger partial charge is 0.497 e. The minimum atomic E-state index is -0.967. The Kier molecular flexibility index (Phi) is 5.96. The first-order chi connectivity index (χ1) is 8.58. The van der Waals surface area contributed by atoms with Gasteiger partial charge in [0.25, 0.3) is 0 Å². The Bertz CT molecular complexity index is 464. The number of carbonyl (C=O) groups is 1. The normalized spacial score (nSPS) is 21.6. The van der Waals surface area contributed by atoms with Crippen LogP contribution in [0.2, 0.25) is 0 Å². The Morgan fingerprint density at radius 2 is 2.37 bits per heavy atom. The molecule has 0 spiro atoms. The third-order valence-electron chi connectivity index (χ3n) is 2.65. The third kappa shape index (κ3) is 4.29. The number of amides is 1. The molecule has 2 heterocycles. The maximum absolute atomic E-state index is 13.0. The van der Waals surface area contributed by atoms with Gasteiger partial charge in [-0.1, -0.05) is 0 Å². The summed E-state index contributed by atoms with van der Waals surface area (Å²) < 4.78 is 18.6. The van der Waals surface area contributed by atoms with Gasteiger partial charge in [-0.15, -0.1) is 12.4 Å². The van der Waals surface area contributed by atoms with Gasteiger partial charge in [-0.25, -0.2) is 9.37 Å². The second-order valence-electron chi connectivity index (χ2n) is 4.00. The molecule has 0 radical (unpaired) electrons. The summed E-state index contributed by atoms with van der Waals surface area (Å²) in [5.74, 6) is 0.660. The molecule has 0 aliphatic carbocycles. The van der Waals surface area contributed by atoms with Crippen molar-refractivity contribution in [1.82, 2.24) is 10.3 Å². The van der Waals surface area contributed by atoms with E-state index in [-0.39, 0.29) is 31.3 Å². The van der Waals surface area contributed by atoms with Crippen LogP contribution >= 0.6 is 28.3 Å². The molecule has 2 N–H and O–H groups in total. The fraction of sp³-hybridized carbons (Fsp3) is 0.455. The highest BCUT2D eigenvalue weighted by atomic mass is 79.9. The van der Waals surface area contributed by atoms with Gasteiger partial charge in [0, 0.05) is 25.1 Å². The predicted octanol–water partition coefficient (Wildman–Crippen LogP) is 1.91. The average Bonchev–Trinajstić information content (AvgIpc) is 2.75. The summed E-state index contributed by atoms with van der Waals surface area (Å²) in [7, 11) is 1.53. The lowest BCUT2D eigenvalue weighted by atomic mass is 10.2. The Labute approximate surface area is 124 Å². The van der Waals surface area contributed by atoms with Crippen LogP contribution in [0.15, 0.2) is 16.7 Å². The number of rotatable bonds is 3. The first kappa shape index (κ1) is 16.1. The molecule has 5 nitrogen and oxygen atoms in total. The summed E-state index contributed by atoms with van der Waals surface area (Å²) in [4.78, 5) is 15.9. The highest BCUT2D eigenvalue weighted by Gasteiger charge is 2.29. The van der Waals surface area contributed by atoms with Gasteiger partial charge in [0.05, 0.1) is 13.2 Å². The molecule has 19 heavy (non-hydrogen) atoms. The second kappa shape index (κ2) is 7.02. The van der Waals surface area contributed by atoms with E-state index in [1.165, 1.54) is 7.11 Å². The summed E-state index contributed by atoms with van der Waals surface area (Å²) in [6.07, 6.45) is -0.775. The van der Waals surface area contributed by atoms with Crippen molar-refractivity contribution < 1.29 is 13.9 Å². The van der Waals surface area contributed by atoms with E-state index in [0.29, 0.717) is 16.2 Å². The van der Waals surface area contributed by atoms with Crippen LogP contribution in [-0.4, -0.2) is 36.8 Å². The first-order valence-corrected chi connectivity index (χ1v) is 6.27. The predicted molar refractivity (Wildman–Crippen MR) is 75.7 cm³/mol. The van der Waals surface area contributed by atoms with Gasteiger partial charge in [0.1, 0.15) is 22.3 Å². The topological polar surface area (TPSA) is 63.2 Å². The molecule has 0 saturated carbocycles. The van der Waals surface area contributed by atoms with Crippen molar-refractivity contribution in [1.29, 1.82) is 0 Å². The van der Waals surface area contributed by atoms with Crippen LogP contribution in [0.25, 0.3) is 0 Å². The lowest BCUT2D eigenvalue weighted by Crippen LogP contribution is -2.35. The Morgan fingerprint density at radius 3 is 2.95 bits per heavy atom. The number of alkyl halides is 1. The molecular formula is C11H14BrClFN3O2. The van der Waals surface area contributed by atoms with E-state index in [9.17, 15) is 9.18 Å². The number of nitrogens with zero attached hydrogens (tertiary/aromatic N) is 1. The Hall–Kier alpha value is -0.920. The van der Waals surface area contributed by atoms with E-state index in [2.05, 4.69) is 31.5 Å². The number of halogens is 3. The number of carbonyl (C=O) groups excluding carboxylic acids is 1. The molecule has 1 aromatic heterocycles. The molecule has 8 heteroatoms. The van der Waals surface area contributed by atoms with Crippen molar-refractivity contribution in [2.75, 3.05) is 19.0 Å². The zero-order chi connectivity index (χ0) is 13.1. The van der Waals surface area contributed by atoms with E-state index >= 15 is 0 Å². The summed E-state index contributed by atoms with van der Waals surface area (Å²) >= 11 is 3.22. The number of methoxy groups -OCH3 is 1. The zero-order valence-electron chi connectivity index (χ0n) is 10.2. The van der Waals surface area contributed by atoms with E-state index in [1.807, 2.05) is 0 Å². The maximum atomic E-state index is 13.0. The molecule has 1 aromatic rings. The highest BCUT2D eigenvalue weighted by molar-refractivity contribution is 9.10. The Morgan fingerprint density at radius 1 is 1.63 bits per heavy atom. The van der Waals surface area contributed by atoms with Crippen LogP contribution < -0.4 is 15.4 Å². The van der Waals surface area contributed by atoms with E-state index < -0.39 is 12.2 Å². The van der Waals surface area contributed by atoms with Crippen molar-refractivity contribution in [3.05, 3.63) is 16.7 Å². The summed E-state index contributed by atoms with van der Waals surface area (Å²) in [6, 6.07) is 2.78. The van der Waals surface area contributed by atoms with Gasteiger partial charge in [0.2, 0.25) is 5.91 Å². The number of anilines is 1. The molecule has 2 atom stereocenters. The van der Waals surface area contributed by atoms with Crippen LogP contribution in [0.5, 0.6) is 5.75 Å². The summed E-state index contributed by atoms with van der Waals surface area (Å²) in [5, 5.41) is 5.44. The minimum absolute atomic E-state index is 0. The lowest BCUT2D eigenvalue weighted by molar-refractivity contribution is -0.117. The maximum Gasteiger partial charge on any atom is 0.242 e. The van der Waals surface area contributed by atoms with Gasteiger partial charge < -0.3 is 15.4 Å². The highest BCUT2D eigenvalue weighted by Crippen LogP contribution is 2.21. The van der Waals surface area contributed by atoms with E-state index in [4.69, 9.17) is 4.74 Å². The van der Waals surface area contributed by atoms with E-state index in [1.54, 1.807) is 12.1 Å². The fourth-order valence-corrected chi connectivity index (χ4v) is 2.18. The van der Waals surface area contributed by atoms with Crippen molar-refractivity contribution in [2.24, 2.45) is 0 Å². The van der Waals surface area contributed by atoms with Gasteiger partial charge in [0.15, 0.2) is 0 Å². The Balaban J connectivity index is 0.00000180. The molecule has 1 aliphatic heterocycles. The molecule has 0 bridgehead atoms. The average molecular weight is 355 g/mol. The first-order valence-electron chi connectivity index (χ1n) is 5.48.